The van der Waals surface area contributed by atoms with E-state index in [1.807, 2.05) is 0 Å². The Morgan fingerprint density at radius 1 is 0.871 bits per heavy atom. The molecule has 1 aliphatic rings. The molecule has 7 nitrogen and oxygen atoms in total. The third-order valence-electron chi connectivity index (χ3n) is 5.19. The number of benzene rings is 2. The fourth-order valence-electron chi connectivity index (χ4n) is 3.51. The molecule has 3 rings (SSSR count). The third-order valence-corrected chi connectivity index (χ3v) is 5.19. The highest BCUT2D eigenvalue weighted by Crippen LogP contribution is 2.31. The highest BCUT2D eigenvalue weighted by atomic mass is 16.5. The maximum absolute atomic E-state index is 12.9. The van der Waals surface area contributed by atoms with Gasteiger partial charge in [-0.3, -0.25) is 9.59 Å². The molecular formula is C24H22O7. The van der Waals surface area contributed by atoms with Gasteiger partial charge in [-0.2, -0.15) is 0 Å². The summed E-state index contributed by atoms with van der Waals surface area (Å²) in [4.78, 5) is 37.3. The van der Waals surface area contributed by atoms with E-state index in [0.29, 0.717) is 16.9 Å². The van der Waals surface area contributed by atoms with Gasteiger partial charge in [0.15, 0.2) is 0 Å². The van der Waals surface area contributed by atoms with Crippen molar-refractivity contribution in [1.29, 1.82) is 0 Å². The topological polar surface area (TPSA) is 99.1 Å². The van der Waals surface area contributed by atoms with E-state index in [2.05, 4.69) is 0 Å². The van der Waals surface area contributed by atoms with Crippen LogP contribution in [-0.4, -0.2) is 44.0 Å². The number of hydrogen-bond donors (Lipinski definition) is 1. The van der Waals surface area contributed by atoms with Crippen LogP contribution in [0.25, 0.3) is 11.1 Å². The van der Waals surface area contributed by atoms with Crippen LogP contribution in [0, 0.1) is 0 Å². The lowest BCUT2D eigenvalue weighted by molar-refractivity contribution is -0.121. The van der Waals surface area contributed by atoms with E-state index in [4.69, 9.17) is 14.2 Å². The molecule has 0 radical (unpaired) electrons. The lowest BCUT2D eigenvalue weighted by atomic mass is 9.87. The van der Waals surface area contributed by atoms with Crippen molar-refractivity contribution in [3.63, 3.8) is 0 Å². The molecule has 160 valence electrons. The number of carboxylic acids is 1. The molecule has 2 aromatic carbocycles. The zero-order chi connectivity index (χ0) is 22.7. The minimum atomic E-state index is -1.09. The average Bonchev–Trinajstić information content (AvgIpc) is 2.78. The van der Waals surface area contributed by atoms with E-state index in [-0.39, 0.29) is 34.6 Å². The Labute approximate surface area is 179 Å². The van der Waals surface area contributed by atoms with Crippen LogP contribution in [0.1, 0.15) is 22.8 Å². The number of Topliss-reactive ketones (excluding diaryl/α,β-unsaturated/α-hetero) is 2. The number of hydrogen-bond acceptors (Lipinski definition) is 6. The van der Waals surface area contributed by atoms with Crippen LogP contribution in [0.5, 0.6) is 5.75 Å². The molecule has 31 heavy (non-hydrogen) atoms. The van der Waals surface area contributed by atoms with Gasteiger partial charge in [0.1, 0.15) is 5.75 Å². The van der Waals surface area contributed by atoms with Gasteiger partial charge in [0.2, 0.25) is 23.1 Å². The van der Waals surface area contributed by atoms with Gasteiger partial charge in [-0.25, -0.2) is 4.79 Å². The minimum absolute atomic E-state index is 0.0867. The Morgan fingerprint density at radius 3 is 2.03 bits per heavy atom. The summed E-state index contributed by atoms with van der Waals surface area (Å²) in [5.74, 6) is -1.59. The van der Waals surface area contributed by atoms with Crippen molar-refractivity contribution >= 4 is 17.5 Å². The molecule has 0 saturated carbocycles. The van der Waals surface area contributed by atoms with Gasteiger partial charge in [-0.15, -0.1) is 0 Å². The summed E-state index contributed by atoms with van der Waals surface area (Å²) in [6.45, 7) is 1.55. The first kappa shape index (κ1) is 21.8. The molecule has 0 heterocycles. The normalized spacial score (nSPS) is 14.1. The molecule has 0 bridgehead atoms. The quantitative estimate of drug-likeness (QED) is 0.681. The molecule has 7 heteroatoms. The van der Waals surface area contributed by atoms with Crippen LogP contribution in [0.3, 0.4) is 0 Å². The number of ketones is 2. The van der Waals surface area contributed by atoms with Crippen molar-refractivity contribution in [3.8, 4) is 16.9 Å². The SMILES string of the molecule is COC1=C(OC)C(=O)C(Cc2ccc(-c3ccc(OC)cc3)c(C(=O)O)c2)=C(C)C1=O. The molecular weight excluding hydrogens is 400 g/mol. The Hall–Kier alpha value is -3.87. The second-order valence-electron chi connectivity index (χ2n) is 6.92. The summed E-state index contributed by atoms with van der Waals surface area (Å²) in [6, 6.07) is 12.0. The van der Waals surface area contributed by atoms with Crippen molar-refractivity contribution in [3.05, 3.63) is 76.3 Å². The van der Waals surface area contributed by atoms with Gasteiger partial charge in [0.25, 0.3) is 0 Å². The number of carbonyl (C=O) groups excluding carboxylic acids is 2. The molecule has 0 fully saturated rings. The molecule has 2 aromatic rings. The van der Waals surface area contributed by atoms with Gasteiger partial charge < -0.3 is 19.3 Å². The number of carboxylic acid groups (broad SMARTS) is 1. The average molecular weight is 422 g/mol. The lowest BCUT2D eigenvalue weighted by Crippen LogP contribution is -2.26. The first-order chi connectivity index (χ1) is 14.8. The van der Waals surface area contributed by atoms with Gasteiger partial charge >= 0.3 is 5.97 Å². The largest absolute Gasteiger partial charge is 0.497 e. The van der Waals surface area contributed by atoms with Crippen LogP contribution < -0.4 is 4.74 Å². The van der Waals surface area contributed by atoms with Crippen LogP contribution in [0.15, 0.2) is 65.1 Å². The summed E-state index contributed by atoms with van der Waals surface area (Å²) in [6.07, 6.45) is 0.0867. The predicted octanol–water partition coefficient (Wildman–Crippen LogP) is 3.58. The zero-order valence-electron chi connectivity index (χ0n) is 17.6. The Bertz CT molecular complexity index is 1120. The van der Waals surface area contributed by atoms with Crippen molar-refractivity contribution in [2.75, 3.05) is 21.3 Å². The van der Waals surface area contributed by atoms with Gasteiger partial charge in [-0.05, 0) is 41.8 Å². The van der Waals surface area contributed by atoms with Crippen LogP contribution in [-0.2, 0) is 25.5 Å². The second-order valence-corrected chi connectivity index (χ2v) is 6.92. The molecule has 0 atom stereocenters. The van der Waals surface area contributed by atoms with Crippen LogP contribution in [0.2, 0.25) is 0 Å². The summed E-state index contributed by atoms with van der Waals surface area (Å²) in [5.41, 5.74) is 2.43. The molecule has 0 aromatic heterocycles. The van der Waals surface area contributed by atoms with Crippen molar-refractivity contribution in [2.24, 2.45) is 0 Å². The standard InChI is InChI=1S/C24H22O7/c1-13-18(21(26)23(31-4)22(30-3)20(13)25)11-14-5-10-17(19(12-14)24(27)28)15-6-8-16(29-2)9-7-15/h5-10,12H,11H2,1-4H3,(H,27,28). The van der Waals surface area contributed by atoms with Gasteiger partial charge in [0, 0.05) is 17.6 Å². The number of methoxy groups -OCH3 is 3. The summed E-state index contributed by atoms with van der Waals surface area (Å²) < 4.78 is 15.3. The summed E-state index contributed by atoms with van der Waals surface area (Å²) >= 11 is 0. The Balaban J connectivity index is 2.00. The zero-order valence-corrected chi connectivity index (χ0v) is 17.6. The molecule has 0 saturated heterocycles. The van der Waals surface area contributed by atoms with Gasteiger partial charge in [0.05, 0.1) is 26.9 Å². The monoisotopic (exact) mass is 422 g/mol. The first-order valence-corrected chi connectivity index (χ1v) is 9.44. The number of ether oxygens (including phenoxy) is 3. The molecule has 1 N–H and O–H groups in total. The Kier molecular flexibility index (Phi) is 6.25. The molecule has 0 unspecified atom stereocenters. The summed E-state index contributed by atoms with van der Waals surface area (Å²) in [5, 5.41) is 9.75. The van der Waals surface area contributed by atoms with Crippen molar-refractivity contribution in [1.82, 2.24) is 0 Å². The van der Waals surface area contributed by atoms with Crippen LogP contribution >= 0.6 is 0 Å². The maximum atomic E-state index is 12.9. The number of aromatic carboxylic acids is 1. The predicted molar refractivity (Wildman–Crippen MR) is 113 cm³/mol. The number of allylic oxidation sites excluding steroid dienone is 2. The molecule has 0 aliphatic heterocycles. The molecule has 0 amide bonds. The van der Waals surface area contributed by atoms with Crippen molar-refractivity contribution < 1.29 is 33.7 Å². The minimum Gasteiger partial charge on any atom is -0.497 e. The smallest absolute Gasteiger partial charge is 0.336 e. The van der Waals surface area contributed by atoms with Gasteiger partial charge in [-0.1, -0.05) is 24.3 Å². The van der Waals surface area contributed by atoms with Crippen molar-refractivity contribution in [2.45, 2.75) is 13.3 Å². The fraction of sp³-hybridized carbons (Fsp3) is 0.208. The molecule has 1 aliphatic carbocycles. The van der Waals surface area contributed by atoms with E-state index in [1.165, 1.54) is 20.3 Å². The van der Waals surface area contributed by atoms with E-state index in [1.54, 1.807) is 50.4 Å². The Morgan fingerprint density at radius 2 is 1.48 bits per heavy atom. The van der Waals surface area contributed by atoms with E-state index in [0.717, 1.165) is 5.56 Å². The van der Waals surface area contributed by atoms with E-state index < -0.39 is 17.5 Å². The fourth-order valence-corrected chi connectivity index (χ4v) is 3.51. The second kappa shape index (κ2) is 8.87. The first-order valence-electron chi connectivity index (χ1n) is 9.44. The number of rotatable bonds is 7. The highest BCUT2D eigenvalue weighted by Gasteiger charge is 2.34. The summed E-state index contributed by atoms with van der Waals surface area (Å²) in [7, 11) is 4.15. The lowest BCUT2D eigenvalue weighted by Gasteiger charge is -2.20. The maximum Gasteiger partial charge on any atom is 0.336 e. The highest BCUT2D eigenvalue weighted by molar-refractivity contribution is 6.23. The van der Waals surface area contributed by atoms with E-state index >= 15 is 0 Å². The third kappa shape index (κ3) is 4.07. The van der Waals surface area contributed by atoms with Crippen LogP contribution in [0.4, 0.5) is 0 Å². The number of carbonyl (C=O) groups is 3. The molecule has 0 spiro atoms. The van der Waals surface area contributed by atoms with E-state index in [9.17, 15) is 19.5 Å².